The fraction of sp³-hybridized carbons (Fsp3) is 0.500. The maximum absolute atomic E-state index is 11.7. The average molecular weight is 285 g/mol. The highest BCUT2D eigenvalue weighted by Crippen LogP contribution is 2.22. The molecule has 0 aromatic carbocycles. The number of halogens is 1. The van der Waals surface area contributed by atoms with Crippen molar-refractivity contribution in [3.8, 4) is 0 Å². The molecule has 0 atom stereocenters. The summed E-state index contributed by atoms with van der Waals surface area (Å²) in [5.74, 6) is 0.117. The van der Waals surface area contributed by atoms with E-state index in [2.05, 4.69) is 28.0 Å². The first-order valence-corrected chi connectivity index (χ1v) is 6.13. The third kappa shape index (κ3) is 3.04. The molecule has 0 saturated heterocycles. The van der Waals surface area contributed by atoms with Crippen LogP contribution in [0.3, 0.4) is 0 Å². The molecule has 0 aliphatic heterocycles. The highest BCUT2D eigenvalue weighted by molar-refractivity contribution is 9.10. The van der Waals surface area contributed by atoms with E-state index in [0.29, 0.717) is 6.42 Å². The molecule has 0 aliphatic rings. The minimum absolute atomic E-state index is 0.117. The fourth-order valence-electron chi connectivity index (χ4n) is 1.55. The van der Waals surface area contributed by atoms with Crippen LogP contribution in [0.5, 0.6) is 0 Å². The van der Waals surface area contributed by atoms with Crippen molar-refractivity contribution < 1.29 is 4.79 Å². The van der Waals surface area contributed by atoms with Crippen LogP contribution in [0.1, 0.15) is 32.2 Å². The lowest BCUT2D eigenvalue weighted by Gasteiger charge is -2.00. The Labute approximate surface area is 105 Å². The van der Waals surface area contributed by atoms with Crippen molar-refractivity contribution in [1.29, 1.82) is 0 Å². The van der Waals surface area contributed by atoms with Gasteiger partial charge in [-0.25, -0.2) is 0 Å². The van der Waals surface area contributed by atoms with Crippen molar-refractivity contribution in [2.45, 2.75) is 33.6 Å². The number of ketones is 1. The minimum Gasteiger partial charge on any atom is -0.294 e. The van der Waals surface area contributed by atoms with Gasteiger partial charge in [-0.05, 0) is 42.3 Å². The lowest BCUT2D eigenvalue weighted by Crippen LogP contribution is -2.05. The van der Waals surface area contributed by atoms with Gasteiger partial charge in [-0.1, -0.05) is 12.5 Å². The highest BCUT2D eigenvalue weighted by atomic mass is 79.9. The van der Waals surface area contributed by atoms with Crippen molar-refractivity contribution >= 4 is 21.7 Å². The van der Waals surface area contributed by atoms with E-state index in [-0.39, 0.29) is 5.78 Å². The van der Waals surface area contributed by atoms with E-state index >= 15 is 0 Å². The van der Waals surface area contributed by atoms with Crippen molar-refractivity contribution in [3.63, 3.8) is 0 Å². The molecule has 0 N–H and O–H groups in total. The second-order valence-corrected chi connectivity index (χ2v) is 4.84. The Balaban J connectivity index is 2.93. The maximum Gasteiger partial charge on any atom is 0.161 e. The second-order valence-electron chi connectivity index (χ2n) is 4.05. The number of hydrogen-bond donors (Lipinski definition) is 0. The Kier molecular flexibility index (Phi) is 4.47. The number of rotatable bonds is 4. The van der Waals surface area contributed by atoms with Gasteiger partial charge >= 0.3 is 0 Å². The molecule has 0 bridgehead atoms. The monoisotopic (exact) mass is 284 g/mol. The Hall–Kier alpha value is -0.900. The normalized spacial score (nSPS) is 10.3. The SMILES string of the molecule is CCc1nn(C)c(CC(=O)C=C(C)C)c1Br. The van der Waals surface area contributed by atoms with Crippen LogP contribution in [0, 0.1) is 0 Å². The summed E-state index contributed by atoms with van der Waals surface area (Å²) in [6, 6.07) is 0. The number of hydrogen-bond acceptors (Lipinski definition) is 2. The first-order valence-electron chi connectivity index (χ1n) is 5.33. The second kappa shape index (κ2) is 5.43. The Bertz CT molecular complexity index is 428. The van der Waals surface area contributed by atoms with Crippen LogP contribution < -0.4 is 0 Å². The van der Waals surface area contributed by atoms with Crippen LogP contribution in [0.4, 0.5) is 0 Å². The lowest BCUT2D eigenvalue weighted by molar-refractivity contribution is -0.114. The molecular formula is C12H17BrN2O. The molecule has 0 unspecified atom stereocenters. The van der Waals surface area contributed by atoms with Crippen LogP contribution in [-0.2, 0) is 24.7 Å². The standard InChI is InChI=1S/C12H17BrN2O/c1-5-10-12(13)11(15(4)14-10)7-9(16)6-8(2)3/h6H,5,7H2,1-4H3. The van der Waals surface area contributed by atoms with E-state index in [1.165, 1.54) is 0 Å². The number of nitrogens with zero attached hydrogens (tertiary/aromatic N) is 2. The summed E-state index contributed by atoms with van der Waals surface area (Å²) in [7, 11) is 1.87. The third-order valence-corrected chi connectivity index (χ3v) is 3.21. The predicted molar refractivity (Wildman–Crippen MR) is 68.4 cm³/mol. The number of carbonyl (C=O) groups is 1. The Morgan fingerprint density at radius 3 is 2.56 bits per heavy atom. The van der Waals surface area contributed by atoms with E-state index in [4.69, 9.17) is 0 Å². The molecule has 0 amide bonds. The molecule has 3 nitrogen and oxygen atoms in total. The van der Waals surface area contributed by atoms with Crippen LogP contribution >= 0.6 is 15.9 Å². The van der Waals surface area contributed by atoms with Crippen molar-refractivity contribution in [3.05, 3.63) is 27.5 Å². The van der Waals surface area contributed by atoms with Crippen molar-refractivity contribution in [1.82, 2.24) is 9.78 Å². The van der Waals surface area contributed by atoms with Crippen LogP contribution in [-0.4, -0.2) is 15.6 Å². The van der Waals surface area contributed by atoms with Gasteiger partial charge in [0.05, 0.1) is 22.3 Å². The van der Waals surface area contributed by atoms with Gasteiger partial charge in [0.25, 0.3) is 0 Å². The molecule has 88 valence electrons. The summed E-state index contributed by atoms with van der Waals surface area (Å²) < 4.78 is 2.74. The highest BCUT2D eigenvalue weighted by Gasteiger charge is 2.14. The molecule has 0 spiro atoms. The summed E-state index contributed by atoms with van der Waals surface area (Å²) in [6.07, 6.45) is 2.94. The van der Waals surface area contributed by atoms with Gasteiger partial charge in [0, 0.05) is 7.05 Å². The molecule has 0 saturated carbocycles. The van der Waals surface area contributed by atoms with Gasteiger partial charge in [-0.3, -0.25) is 9.48 Å². The molecule has 0 fully saturated rings. The van der Waals surface area contributed by atoms with E-state index in [1.807, 2.05) is 20.9 Å². The fourth-order valence-corrected chi connectivity index (χ4v) is 2.31. The zero-order valence-corrected chi connectivity index (χ0v) is 11.8. The first-order chi connectivity index (χ1) is 7.45. The van der Waals surface area contributed by atoms with E-state index in [9.17, 15) is 4.79 Å². The molecule has 0 aliphatic carbocycles. The van der Waals surface area contributed by atoms with Crippen LogP contribution in [0.15, 0.2) is 16.1 Å². The molecular weight excluding hydrogens is 268 g/mol. The van der Waals surface area contributed by atoms with Crippen LogP contribution in [0.2, 0.25) is 0 Å². The number of carbonyl (C=O) groups excluding carboxylic acids is 1. The first kappa shape index (κ1) is 13.2. The Morgan fingerprint density at radius 1 is 1.50 bits per heavy atom. The zero-order chi connectivity index (χ0) is 12.3. The largest absolute Gasteiger partial charge is 0.294 e. The number of allylic oxidation sites excluding steroid dienone is 2. The average Bonchev–Trinajstić information content (AvgIpc) is 2.44. The summed E-state index contributed by atoms with van der Waals surface area (Å²) in [5.41, 5.74) is 2.97. The summed E-state index contributed by atoms with van der Waals surface area (Å²) in [6.45, 7) is 5.90. The molecule has 1 aromatic rings. The third-order valence-electron chi connectivity index (χ3n) is 2.29. The van der Waals surface area contributed by atoms with Gasteiger partial charge < -0.3 is 0 Å². The molecule has 1 heterocycles. The topological polar surface area (TPSA) is 34.9 Å². The van der Waals surface area contributed by atoms with Crippen molar-refractivity contribution in [2.75, 3.05) is 0 Å². The quantitative estimate of drug-likeness (QED) is 0.797. The van der Waals surface area contributed by atoms with E-state index in [0.717, 1.165) is 27.9 Å². The zero-order valence-electron chi connectivity index (χ0n) is 10.2. The summed E-state index contributed by atoms with van der Waals surface area (Å²) in [4.78, 5) is 11.7. The van der Waals surface area contributed by atoms with Gasteiger partial charge in [0.2, 0.25) is 0 Å². The molecule has 1 rings (SSSR count). The maximum atomic E-state index is 11.7. The van der Waals surface area contributed by atoms with E-state index < -0.39 is 0 Å². The minimum atomic E-state index is 0.117. The Morgan fingerprint density at radius 2 is 2.12 bits per heavy atom. The predicted octanol–water partition coefficient (Wildman–Crippen LogP) is 2.82. The van der Waals surface area contributed by atoms with Gasteiger partial charge in [0.1, 0.15) is 0 Å². The van der Waals surface area contributed by atoms with E-state index in [1.54, 1.807) is 10.8 Å². The molecule has 1 aromatic heterocycles. The summed E-state index contributed by atoms with van der Waals surface area (Å²) >= 11 is 3.50. The smallest absolute Gasteiger partial charge is 0.161 e. The number of aromatic nitrogens is 2. The number of aryl methyl sites for hydroxylation is 2. The van der Waals surface area contributed by atoms with Crippen LogP contribution in [0.25, 0.3) is 0 Å². The molecule has 16 heavy (non-hydrogen) atoms. The summed E-state index contributed by atoms with van der Waals surface area (Å²) in [5, 5.41) is 4.36. The molecule has 0 radical (unpaired) electrons. The lowest BCUT2D eigenvalue weighted by atomic mass is 10.1. The van der Waals surface area contributed by atoms with Gasteiger partial charge in [-0.15, -0.1) is 0 Å². The van der Waals surface area contributed by atoms with Gasteiger partial charge in [0.15, 0.2) is 5.78 Å². The molecule has 4 heteroatoms. The van der Waals surface area contributed by atoms with Gasteiger partial charge in [-0.2, -0.15) is 5.10 Å². The van der Waals surface area contributed by atoms with Crippen molar-refractivity contribution in [2.24, 2.45) is 7.05 Å².